The number of rotatable bonds is 9. The Balaban J connectivity index is 1.32. The van der Waals surface area contributed by atoms with Crippen molar-refractivity contribution < 1.29 is 23.8 Å². The summed E-state index contributed by atoms with van der Waals surface area (Å²) in [5.74, 6) is 1.38. The molecule has 198 valence electrons. The fourth-order valence-electron chi connectivity index (χ4n) is 3.93. The summed E-state index contributed by atoms with van der Waals surface area (Å²) < 4.78 is 19.7. The van der Waals surface area contributed by atoms with Crippen LogP contribution in [0.15, 0.2) is 63.7 Å². The van der Waals surface area contributed by atoms with Crippen LogP contribution in [-0.2, 0) is 20.8 Å². The minimum absolute atomic E-state index is 0.268. The number of nitrogen functional groups attached to an aromatic ring is 1. The number of furan rings is 1. The molecule has 3 aromatic heterocycles. The number of thioether (sulfide) groups is 1. The van der Waals surface area contributed by atoms with E-state index in [-0.39, 0.29) is 5.82 Å². The van der Waals surface area contributed by atoms with Gasteiger partial charge >= 0.3 is 0 Å². The van der Waals surface area contributed by atoms with E-state index < -0.39 is 17.8 Å². The summed E-state index contributed by atoms with van der Waals surface area (Å²) in [6.07, 6.45) is 2.86. The van der Waals surface area contributed by atoms with E-state index in [0.29, 0.717) is 40.9 Å². The number of fused-ring (bicyclic) bond motifs is 1. The molecule has 0 aliphatic carbocycles. The van der Waals surface area contributed by atoms with E-state index in [4.69, 9.17) is 19.6 Å². The number of ether oxygens (including phenoxy) is 2. The van der Waals surface area contributed by atoms with Crippen LogP contribution in [0.1, 0.15) is 37.9 Å². The first-order valence-corrected chi connectivity index (χ1v) is 12.9. The third-order valence-electron chi connectivity index (χ3n) is 5.85. The lowest BCUT2D eigenvalue weighted by Gasteiger charge is -2.17. The van der Waals surface area contributed by atoms with Crippen molar-refractivity contribution in [2.75, 3.05) is 12.3 Å². The van der Waals surface area contributed by atoms with Gasteiger partial charge in [0.2, 0.25) is 5.09 Å². The van der Waals surface area contributed by atoms with E-state index in [2.05, 4.69) is 20.3 Å². The van der Waals surface area contributed by atoms with Crippen molar-refractivity contribution in [2.45, 2.75) is 50.8 Å². The quantitative estimate of drug-likeness (QED) is 0.269. The van der Waals surface area contributed by atoms with E-state index in [9.17, 15) is 9.90 Å². The van der Waals surface area contributed by atoms with Crippen molar-refractivity contribution in [3.63, 3.8) is 0 Å². The SMILES string of the molecule is Cc1ccc(-c2ccccc2C2OC=C(Sc3nc4c(N)ncnc4n3CCCNC(=O)C(C)(C)O)O2)o1. The van der Waals surface area contributed by atoms with Crippen LogP contribution in [-0.4, -0.2) is 42.7 Å². The van der Waals surface area contributed by atoms with Crippen LogP contribution in [0.25, 0.3) is 22.5 Å². The maximum Gasteiger partial charge on any atom is 0.268 e. The Labute approximate surface area is 223 Å². The summed E-state index contributed by atoms with van der Waals surface area (Å²) in [6, 6.07) is 11.6. The molecule has 0 fully saturated rings. The van der Waals surface area contributed by atoms with Crippen molar-refractivity contribution in [3.8, 4) is 11.3 Å². The molecule has 1 aliphatic heterocycles. The van der Waals surface area contributed by atoms with Crippen LogP contribution in [0.2, 0.25) is 0 Å². The van der Waals surface area contributed by atoms with Crippen molar-refractivity contribution in [1.29, 1.82) is 0 Å². The number of carbonyl (C=O) groups excluding carboxylic acids is 1. The molecule has 1 aromatic carbocycles. The Morgan fingerprint density at radius 1 is 1.24 bits per heavy atom. The van der Waals surface area contributed by atoms with Gasteiger partial charge in [0, 0.05) is 24.2 Å². The summed E-state index contributed by atoms with van der Waals surface area (Å²) in [6.45, 7) is 5.63. The second-order valence-corrected chi connectivity index (χ2v) is 10.2. The highest BCUT2D eigenvalue weighted by Gasteiger charge is 2.28. The molecule has 1 aliphatic rings. The number of hydrogen-bond donors (Lipinski definition) is 3. The van der Waals surface area contributed by atoms with E-state index in [1.807, 2.05) is 47.9 Å². The monoisotopic (exact) mass is 536 g/mol. The average molecular weight is 537 g/mol. The van der Waals surface area contributed by atoms with Gasteiger partial charge in [0.25, 0.3) is 12.2 Å². The normalized spacial score (nSPS) is 15.3. The fraction of sp³-hybridized carbons (Fsp3) is 0.308. The van der Waals surface area contributed by atoms with Gasteiger partial charge in [0.05, 0.1) is 0 Å². The number of aliphatic hydroxyl groups is 1. The van der Waals surface area contributed by atoms with Crippen molar-refractivity contribution in [3.05, 3.63) is 65.4 Å². The molecule has 0 saturated heterocycles. The Morgan fingerprint density at radius 2 is 2.05 bits per heavy atom. The molecule has 0 bridgehead atoms. The maximum absolute atomic E-state index is 12.0. The summed E-state index contributed by atoms with van der Waals surface area (Å²) in [7, 11) is 0. The molecule has 0 spiro atoms. The number of amides is 1. The Bertz CT molecular complexity index is 1510. The van der Waals surface area contributed by atoms with Crippen molar-refractivity contribution in [2.24, 2.45) is 0 Å². The van der Waals surface area contributed by atoms with Gasteiger partial charge in [0.15, 0.2) is 22.1 Å². The first kappa shape index (κ1) is 25.6. The van der Waals surface area contributed by atoms with E-state index in [1.165, 1.54) is 31.9 Å². The number of aryl methyl sites for hydroxylation is 2. The van der Waals surface area contributed by atoms with Gasteiger partial charge in [-0.3, -0.25) is 4.79 Å². The highest BCUT2D eigenvalue weighted by molar-refractivity contribution is 8.02. The third kappa shape index (κ3) is 5.31. The molecule has 5 rings (SSSR count). The lowest BCUT2D eigenvalue weighted by atomic mass is 10.1. The van der Waals surface area contributed by atoms with E-state index >= 15 is 0 Å². The van der Waals surface area contributed by atoms with Crippen molar-refractivity contribution in [1.82, 2.24) is 24.8 Å². The Morgan fingerprint density at radius 3 is 2.82 bits per heavy atom. The zero-order valence-corrected chi connectivity index (χ0v) is 22.0. The molecule has 4 N–H and O–H groups in total. The standard InChI is InChI=1S/C26H28N6O5S/c1-15-9-10-18(36-15)16-7-4-5-8-17(16)23-35-13-19(37-23)38-25-31-20-21(27)29-14-30-22(20)32(25)12-6-11-28-24(33)26(2,3)34/h4-5,7-10,13-14,23,34H,6,11-12H2,1-3H3,(H,28,33)(H2,27,29,30). The number of benzene rings is 1. The van der Waals surface area contributed by atoms with Crippen LogP contribution in [0, 0.1) is 6.92 Å². The summed E-state index contributed by atoms with van der Waals surface area (Å²) in [5.41, 5.74) is 7.38. The fourth-order valence-corrected chi connectivity index (χ4v) is 4.77. The zero-order valence-electron chi connectivity index (χ0n) is 21.2. The van der Waals surface area contributed by atoms with Gasteiger partial charge in [-0.05, 0) is 51.1 Å². The van der Waals surface area contributed by atoms with E-state index in [0.717, 1.165) is 22.6 Å². The first-order valence-electron chi connectivity index (χ1n) is 12.0. The molecule has 11 nitrogen and oxygen atoms in total. The number of carbonyl (C=O) groups is 1. The second-order valence-electron chi connectivity index (χ2n) is 9.27. The number of nitrogens with zero attached hydrogens (tertiary/aromatic N) is 4. The van der Waals surface area contributed by atoms with Gasteiger partial charge in [-0.1, -0.05) is 24.3 Å². The summed E-state index contributed by atoms with van der Waals surface area (Å²) in [5, 5.41) is 13.7. The van der Waals surface area contributed by atoms with Gasteiger partial charge in [-0.15, -0.1) is 0 Å². The number of hydrogen-bond acceptors (Lipinski definition) is 10. The van der Waals surface area contributed by atoms with E-state index in [1.54, 1.807) is 6.26 Å². The second kappa shape index (κ2) is 10.4. The highest BCUT2D eigenvalue weighted by atomic mass is 32.2. The lowest BCUT2D eigenvalue weighted by molar-refractivity contribution is -0.136. The summed E-state index contributed by atoms with van der Waals surface area (Å²) >= 11 is 1.28. The maximum atomic E-state index is 12.0. The summed E-state index contributed by atoms with van der Waals surface area (Å²) in [4.78, 5) is 25.0. The molecule has 38 heavy (non-hydrogen) atoms. The first-order chi connectivity index (χ1) is 18.2. The van der Waals surface area contributed by atoms with Crippen LogP contribution in [0.3, 0.4) is 0 Å². The molecule has 0 saturated carbocycles. The number of nitrogens with one attached hydrogen (secondary N) is 1. The largest absolute Gasteiger partial charge is 0.461 e. The topological polar surface area (TPSA) is 151 Å². The molecular formula is C26H28N6O5S. The minimum Gasteiger partial charge on any atom is -0.461 e. The molecule has 1 unspecified atom stereocenters. The van der Waals surface area contributed by atoms with Crippen LogP contribution < -0.4 is 11.1 Å². The number of aromatic nitrogens is 4. The number of nitrogens with two attached hydrogens (primary N) is 1. The predicted molar refractivity (Wildman–Crippen MR) is 141 cm³/mol. The van der Waals surface area contributed by atoms with Crippen molar-refractivity contribution >= 4 is 34.7 Å². The third-order valence-corrected chi connectivity index (χ3v) is 6.74. The molecule has 0 radical (unpaired) electrons. The molecule has 1 amide bonds. The Kier molecular flexibility index (Phi) is 7.00. The number of imidazole rings is 1. The minimum atomic E-state index is -1.44. The molecule has 4 heterocycles. The molecular weight excluding hydrogens is 508 g/mol. The van der Waals surface area contributed by atoms with Crippen LogP contribution >= 0.6 is 11.8 Å². The molecule has 1 atom stereocenters. The molecule has 4 aromatic rings. The van der Waals surface area contributed by atoms with Gasteiger partial charge < -0.3 is 34.6 Å². The average Bonchev–Trinajstić information content (AvgIpc) is 3.61. The van der Waals surface area contributed by atoms with Crippen LogP contribution in [0.5, 0.6) is 0 Å². The number of anilines is 1. The Hall–Kier alpha value is -4.03. The smallest absolute Gasteiger partial charge is 0.268 e. The van der Waals surface area contributed by atoms with Gasteiger partial charge in [-0.25, -0.2) is 15.0 Å². The molecule has 12 heteroatoms. The predicted octanol–water partition coefficient (Wildman–Crippen LogP) is 3.89. The highest BCUT2D eigenvalue weighted by Crippen LogP contribution is 2.41. The zero-order chi connectivity index (χ0) is 26.9. The van der Waals surface area contributed by atoms with Gasteiger partial charge in [-0.2, -0.15) is 0 Å². The lowest BCUT2D eigenvalue weighted by Crippen LogP contribution is -2.42. The van der Waals surface area contributed by atoms with Gasteiger partial charge in [0.1, 0.15) is 29.7 Å². The van der Waals surface area contributed by atoms with Crippen LogP contribution in [0.4, 0.5) is 5.82 Å².